The molecule has 5 aromatic carbocycles. The molecular formula is C34H20N2O4. The summed E-state index contributed by atoms with van der Waals surface area (Å²) in [5, 5.41) is 2.76. The van der Waals surface area contributed by atoms with E-state index in [1.54, 1.807) is 48.5 Å². The van der Waals surface area contributed by atoms with Gasteiger partial charge >= 0.3 is 0 Å². The van der Waals surface area contributed by atoms with Gasteiger partial charge in [0.25, 0.3) is 23.6 Å². The van der Waals surface area contributed by atoms with Gasteiger partial charge in [-0.2, -0.15) is 0 Å². The third-order valence-corrected chi connectivity index (χ3v) is 7.49. The average Bonchev–Trinajstić information content (AvgIpc) is 2.99. The highest BCUT2D eigenvalue weighted by Gasteiger charge is 2.34. The van der Waals surface area contributed by atoms with E-state index in [4.69, 9.17) is 0 Å². The predicted octanol–water partition coefficient (Wildman–Crippen LogP) is 5.44. The lowest BCUT2D eigenvalue weighted by atomic mass is 9.91. The number of nitrogens with zero attached hydrogens (tertiary/aromatic N) is 2. The van der Waals surface area contributed by atoms with Crippen molar-refractivity contribution in [2.75, 3.05) is 6.54 Å². The summed E-state index contributed by atoms with van der Waals surface area (Å²) in [6.07, 6.45) is 0. The molecule has 0 unspecified atom stereocenters. The molecule has 0 saturated carbocycles. The van der Waals surface area contributed by atoms with Crippen LogP contribution in [-0.2, 0) is 6.54 Å². The van der Waals surface area contributed by atoms with Gasteiger partial charge in [0.15, 0.2) is 0 Å². The summed E-state index contributed by atoms with van der Waals surface area (Å²) in [6.45, 7) is 0.0959. The molecular weight excluding hydrogens is 500 g/mol. The van der Waals surface area contributed by atoms with E-state index in [1.165, 1.54) is 4.90 Å². The Morgan fingerprint density at radius 2 is 1.10 bits per heavy atom. The maximum Gasteiger partial charge on any atom is 0.262 e. The zero-order valence-electron chi connectivity index (χ0n) is 21.2. The number of carbonyl (C=O) groups excluding carboxylic acids is 4. The molecule has 7 rings (SSSR count). The molecule has 5 aromatic rings. The van der Waals surface area contributed by atoms with E-state index in [-0.39, 0.29) is 36.7 Å². The van der Waals surface area contributed by atoms with Crippen LogP contribution < -0.4 is 0 Å². The highest BCUT2D eigenvalue weighted by molar-refractivity contribution is 6.26. The van der Waals surface area contributed by atoms with Crippen molar-refractivity contribution in [3.63, 3.8) is 0 Å². The summed E-state index contributed by atoms with van der Waals surface area (Å²) >= 11 is 0. The van der Waals surface area contributed by atoms with Crippen molar-refractivity contribution in [2.45, 2.75) is 6.54 Å². The van der Waals surface area contributed by atoms with E-state index in [9.17, 15) is 19.2 Å². The molecule has 0 bridgehead atoms. The highest BCUT2D eigenvalue weighted by atomic mass is 16.2. The molecule has 0 N–H and O–H groups in total. The van der Waals surface area contributed by atoms with E-state index in [0.717, 1.165) is 15.8 Å². The Hall–Kier alpha value is -5.54. The van der Waals surface area contributed by atoms with E-state index in [0.29, 0.717) is 44.0 Å². The second-order valence-corrected chi connectivity index (χ2v) is 9.78. The average molecular weight is 521 g/mol. The lowest BCUT2D eigenvalue weighted by Crippen LogP contribution is -2.40. The van der Waals surface area contributed by atoms with Crippen LogP contribution >= 0.6 is 0 Å². The molecule has 6 heteroatoms. The molecule has 0 fully saturated rings. The maximum absolute atomic E-state index is 13.4. The quantitative estimate of drug-likeness (QED) is 0.235. The number of carbonyl (C=O) groups is 4. The van der Waals surface area contributed by atoms with E-state index in [1.807, 2.05) is 48.5 Å². The van der Waals surface area contributed by atoms with Crippen molar-refractivity contribution >= 4 is 45.2 Å². The number of hydrogen-bond donors (Lipinski definition) is 0. The zero-order chi connectivity index (χ0) is 27.4. The van der Waals surface area contributed by atoms with Gasteiger partial charge in [-0.1, -0.05) is 78.6 Å². The number of rotatable bonds is 3. The van der Waals surface area contributed by atoms with Crippen LogP contribution in [0.15, 0.2) is 97.1 Å². The van der Waals surface area contributed by atoms with E-state index >= 15 is 0 Å². The fourth-order valence-electron chi connectivity index (χ4n) is 5.60. The first-order valence-corrected chi connectivity index (χ1v) is 12.9. The van der Waals surface area contributed by atoms with Crippen LogP contribution in [0.4, 0.5) is 0 Å². The summed E-state index contributed by atoms with van der Waals surface area (Å²) in [6, 6.07) is 29.0. The second kappa shape index (κ2) is 9.04. The van der Waals surface area contributed by atoms with Crippen LogP contribution in [0, 0.1) is 11.8 Å². The maximum atomic E-state index is 13.4. The topological polar surface area (TPSA) is 74.8 Å². The fourth-order valence-corrected chi connectivity index (χ4v) is 5.60. The molecule has 6 nitrogen and oxygen atoms in total. The minimum absolute atomic E-state index is 0.0892. The van der Waals surface area contributed by atoms with Gasteiger partial charge in [-0.3, -0.25) is 29.0 Å². The summed E-state index contributed by atoms with van der Waals surface area (Å²) in [4.78, 5) is 55.6. The predicted molar refractivity (Wildman–Crippen MR) is 151 cm³/mol. The van der Waals surface area contributed by atoms with Gasteiger partial charge in [-0.05, 0) is 46.7 Å². The Morgan fingerprint density at radius 3 is 1.77 bits per heavy atom. The van der Waals surface area contributed by atoms with Crippen molar-refractivity contribution < 1.29 is 19.2 Å². The first-order chi connectivity index (χ1) is 19.5. The smallest absolute Gasteiger partial charge is 0.262 e. The largest absolute Gasteiger partial charge is 0.270 e. The van der Waals surface area contributed by atoms with Gasteiger partial charge in [0.05, 0.1) is 13.1 Å². The molecule has 0 atom stereocenters. The highest BCUT2D eigenvalue weighted by Crippen LogP contribution is 2.33. The summed E-state index contributed by atoms with van der Waals surface area (Å²) in [5.41, 5.74) is 3.32. The van der Waals surface area contributed by atoms with Crippen molar-refractivity contribution in [3.05, 3.63) is 130 Å². The fraction of sp³-hybridized carbons (Fsp3) is 0.0588. The van der Waals surface area contributed by atoms with Crippen LogP contribution in [-0.4, -0.2) is 40.0 Å². The van der Waals surface area contributed by atoms with Crippen LogP contribution in [0.25, 0.3) is 21.5 Å². The minimum atomic E-state index is -0.379. The molecule has 4 amide bonds. The molecule has 0 aromatic heterocycles. The number of imide groups is 2. The Morgan fingerprint density at radius 1 is 0.525 bits per heavy atom. The molecule has 40 heavy (non-hydrogen) atoms. The summed E-state index contributed by atoms with van der Waals surface area (Å²) in [5.74, 6) is 4.59. The van der Waals surface area contributed by atoms with Gasteiger partial charge in [-0.15, -0.1) is 0 Å². The van der Waals surface area contributed by atoms with Crippen LogP contribution in [0.5, 0.6) is 0 Å². The van der Waals surface area contributed by atoms with Crippen LogP contribution in [0.1, 0.15) is 52.6 Å². The molecule has 0 spiro atoms. The number of benzene rings is 5. The molecule has 0 saturated heterocycles. The monoisotopic (exact) mass is 520 g/mol. The van der Waals surface area contributed by atoms with Gasteiger partial charge in [0.1, 0.15) is 0 Å². The first-order valence-electron chi connectivity index (χ1n) is 12.9. The Kier molecular flexibility index (Phi) is 5.32. The Labute approximate surface area is 229 Å². The molecule has 190 valence electrons. The van der Waals surface area contributed by atoms with Crippen molar-refractivity contribution in [1.29, 1.82) is 0 Å². The van der Waals surface area contributed by atoms with Gasteiger partial charge in [-0.25, -0.2) is 0 Å². The second-order valence-electron chi connectivity index (χ2n) is 9.78. The van der Waals surface area contributed by atoms with Gasteiger partial charge in [0, 0.05) is 38.6 Å². The molecule has 2 heterocycles. The third-order valence-electron chi connectivity index (χ3n) is 7.49. The van der Waals surface area contributed by atoms with E-state index in [2.05, 4.69) is 11.8 Å². The van der Waals surface area contributed by atoms with Crippen molar-refractivity contribution in [1.82, 2.24) is 9.80 Å². The van der Waals surface area contributed by atoms with Crippen LogP contribution in [0.2, 0.25) is 0 Å². The standard InChI is InChI=1S/C34H20N2O4/c37-31-25-14-4-10-23-11-5-15-26(29(23)25)32(38)35(31)19-7-12-22-17-18-28-30-24(22)13-6-16-27(30)33(39)36(34(28)40)20-21-8-2-1-3-9-21/h1-6,8-11,13-18H,19-20H2. The molecule has 2 aliphatic heterocycles. The number of amides is 4. The number of hydrogen-bond acceptors (Lipinski definition) is 4. The molecule has 2 aliphatic rings. The lowest BCUT2D eigenvalue weighted by molar-refractivity contribution is 0.0592. The van der Waals surface area contributed by atoms with E-state index < -0.39 is 0 Å². The third kappa shape index (κ3) is 3.53. The minimum Gasteiger partial charge on any atom is -0.270 e. The molecule has 0 aliphatic carbocycles. The Bertz CT molecular complexity index is 1930. The van der Waals surface area contributed by atoms with Crippen LogP contribution in [0.3, 0.4) is 0 Å². The zero-order valence-corrected chi connectivity index (χ0v) is 21.2. The SMILES string of the molecule is O=C1c2cccc3cccc(c23)C(=O)N1CC#Cc1ccc2c3c(cccc13)C(=O)N(Cc1ccccc1)C2=O. The summed E-state index contributed by atoms with van der Waals surface area (Å²) < 4.78 is 0. The van der Waals surface area contributed by atoms with Gasteiger partial charge in [0.2, 0.25) is 0 Å². The Balaban J connectivity index is 1.22. The lowest BCUT2D eigenvalue weighted by Gasteiger charge is -2.27. The van der Waals surface area contributed by atoms with Gasteiger partial charge < -0.3 is 0 Å². The van der Waals surface area contributed by atoms with Crippen molar-refractivity contribution in [2.24, 2.45) is 0 Å². The normalized spacial score (nSPS) is 14.1. The summed E-state index contributed by atoms with van der Waals surface area (Å²) in [7, 11) is 0. The first kappa shape index (κ1) is 23.6. The van der Waals surface area contributed by atoms with Crippen molar-refractivity contribution in [3.8, 4) is 11.8 Å². The molecule has 0 radical (unpaired) electrons.